The Bertz CT molecular complexity index is 1100. The number of nitrogens with zero attached hydrogens (tertiary/aromatic N) is 4. The lowest BCUT2D eigenvalue weighted by Crippen LogP contribution is -2.44. The van der Waals surface area contributed by atoms with E-state index in [9.17, 15) is 9.18 Å². The fourth-order valence-electron chi connectivity index (χ4n) is 4.42. The van der Waals surface area contributed by atoms with E-state index >= 15 is 0 Å². The van der Waals surface area contributed by atoms with E-state index in [0.717, 1.165) is 56.3 Å². The molecule has 1 aliphatic heterocycles. The number of hydrogen-bond donors (Lipinski definition) is 1. The van der Waals surface area contributed by atoms with Crippen LogP contribution in [-0.2, 0) is 4.79 Å². The fraction of sp³-hybridized carbons (Fsp3) is 0.360. The van der Waals surface area contributed by atoms with Gasteiger partial charge in [-0.1, -0.05) is 12.5 Å². The standard InChI is InChI=1S/C25H26FN5O/c26-19-7-4-8-20(15-19)28-23-16-21(17-10-12-27-13-11-17)29-24(30-23)22-9-1-2-14-31(22)25(32)18-5-3-6-18/h4,7-8,10-13,15-16,18,22H,1-3,5-6,9,14H2,(H,28,29,30). The highest BCUT2D eigenvalue weighted by molar-refractivity contribution is 5.80. The average molecular weight is 432 g/mol. The van der Waals surface area contributed by atoms with Crippen molar-refractivity contribution in [3.8, 4) is 11.3 Å². The zero-order chi connectivity index (χ0) is 21.9. The summed E-state index contributed by atoms with van der Waals surface area (Å²) in [4.78, 5) is 28.9. The molecule has 5 rings (SSSR count). The van der Waals surface area contributed by atoms with Crippen molar-refractivity contribution in [3.05, 3.63) is 66.5 Å². The molecule has 0 radical (unpaired) electrons. The molecule has 1 saturated carbocycles. The van der Waals surface area contributed by atoms with Crippen LogP contribution in [0.3, 0.4) is 0 Å². The minimum Gasteiger partial charge on any atom is -0.340 e. The van der Waals surface area contributed by atoms with Gasteiger partial charge in [0, 0.05) is 42.2 Å². The van der Waals surface area contributed by atoms with E-state index in [1.54, 1.807) is 24.5 Å². The lowest BCUT2D eigenvalue weighted by atomic mass is 9.83. The predicted molar refractivity (Wildman–Crippen MR) is 121 cm³/mol. The number of carbonyl (C=O) groups excluding carboxylic acids is 1. The number of hydrogen-bond acceptors (Lipinski definition) is 5. The Labute approximate surface area is 186 Å². The van der Waals surface area contributed by atoms with Crippen LogP contribution in [0.25, 0.3) is 11.3 Å². The van der Waals surface area contributed by atoms with Crippen LogP contribution >= 0.6 is 0 Å². The van der Waals surface area contributed by atoms with E-state index in [2.05, 4.69) is 10.3 Å². The smallest absolute Gasteiger partial charge is 0.226 e. The molecule has 1 unspecified atom stereocenters. The van der Waals surface area contributed by atoms with Gasteiger partial charge in [-0.3, -0.25) is 9.78 Å². The van der Waals surface area contributed by atoms with Crippen molar-refractivity contribution in [3.63, 3.8) is 0 Å². The number of pyridine rings is 1. The first kappa shape index (κ1) is 20.5. The Morgan fingerprint density at radius 3 is 2.59 bits per heavy atom. The van der Waals surface area contributed by atoms with Crippen molar-refractivity contribution < 1.29 is 9.18 Å². The third-order valence-corrected chi connectivity index (χ3v) is 6.35. The molecule has 1 aromatic carbocycles. The van der Waals surface area contributed by atoms with Gasteiger partial charge in [0.25, 0.3) is 0 Å². The van der Waals surface area contributed by atoms with E-state index < -0.39 is 0 Å². The first-order chi connectivity index (χ1) is 15.7. The molecule has 2 aliphatic rings. The molecule has 1 N–H and O–H groups in total. The second-order valence-corrected chi connectivity index (χ2v) is 8.54. The Morgan fingerprint density at radius 1 is 1.00 bits per heavy atom. The number of nitrogens with one attached hydrogen (secondary N) is 1. The zero-order valence-electron chi connectivity index (χ0n) is 17.9. The second-order valence-electron chi connectivity index (χ2n) is 8.54. The van der Waals surface area contributed by atoms with Crippen LogP contribution in [0, 0.1) is 11.7 Å². The lowest BCUT2D eigenvalue weighted by Gasteiger charge is -2.39. The zero-order valence-corrected chi connectivity index (χ0v) is 17.9. The largest absolute Gasteiger partial charge is 0.340 e. The molecule has 0 bridgehead atoms. The molecule has 3 aromatic rings. The number of aromatic nitrogens is 3. The third-order valence-electron chi connectivity index (χ3n) is 6.35. The summed E-state index contributed by atoms with van der Waals surface area (Å²) >= 11 is 0. The van der Waals surface area contributed by atoms with Gasteiger partial charge in [0.05, 0.1) is 11.7 Å². The number of amides is 1. The molecule has 1 atom stereocenters. The fourth-order valence-corrected chi connectivity index (χ4v) is 4.42. The number of halogens is 1. The molecule has 3 heterocycles. The van der Waals surface area contributed by atoms with E-state index in [1.807, 2.05) is 23.1 Å². The number of carbonyl (C=O) groups is 1. The van der Waals surface area contributed by atoms with Crippen LogP contribution in [0.4, 0.5) is 15.9 Å². The quantitative estimate of drug-likeness (QED) is 0.595. The van der Waals surface area contributed by atoms with Gasteiger partial charge < -0.3 is 10.2 Å². The number of anilines is 2. The highest BCUT2D eigenvalue weighted by Crippen LogP contribution is 2.36. The predicted octanol–water partition coefficient (Wildman–Crippen LogP) is 5.28. The summed E-state index contributed by atoms with van der Waals surface area (Å²) in [5.74, 6) is 1.27. The summed E-state index contributed by atoms with van der Waals surface area (Å²) in [6.07, 6.45) is 9.43. The summed E-state index contributed by atoms with van der Waals surface area (Å²) in [7, 11) is 0. The summed E-state index contributed by atoms with van der Waals surface area (Å²) < 4.78 is 13.7. The molecule has 164 valence electrons. The monoisotopic (exact) mass is 431 g/mol. The van der Waals surface area contributed by atoms with Gasteiger partial charge >= 0.3 is 0 Å². The minimum absolute atomic E-state index is 0.142. The number of likely N-dealkylation sites (tertiary alicyclic amines) is 1. The molecule has 6 nitrogen and oxygen atoms in total. The maximum atomic E-state index is 13.7. The topological polar surface area (TPSA) is 71.0 Å². The molecule has 0 spiro atoms. The Kier molecular flexibility index (Phi) is 5.79. The SMILES string of the molecule is O=C(C1CCC1)N1CCCCC1c1nc(Nc2cccc(F)c2)cc(-c2ccncc2)n1. The van der Waals surface area contributed by atoms with E-state index in [0.29, 0.717) is 17.3 Å². The highest BCUT2D eigenvalue weighted by atomic mass is 19.1. The molecule has 1 aliphatic carbocycles. The highest BCUT2D eigenvalue weighted by Gasteiger charge is 2.36. The van der Waals surface area contributed by atoms with Gasteiger partial charge in [-0.05, 0) is 62.4 Å². The first-order valence-electron chi connectivity index (χ1n) is 11.3. The molecule has 1 saturated heterocycles. The summed E-state index contributed by atoms with van der Waals surface area (Å²) in [5.41, 5.74) is 2.28. The number of rotatable bonds is 5. The maximum Gasteiger partial charge on any atom is 0.226 e. The van der Waals surface area contributed by atoms with Crippen LogP contribution in [0.1, 0.15) is 50.4 Å². The summed E-state index contributed by atoms with van der Waals surface area (Å²) in [5, 5.41) is 3.21. The van der Waals surface area contributed by atoms with Crippen LogP contribution in [0.2, 0.25) is 0 Å². The first-order valence-corrected chi connectivity index (χ1v) is 11.3. The van der Waals surface area contributed by atoms with Gasteiger partial charge in [-0.25, -0.2) is 14.4 Å². The maximum absolute atomic E-state index is 13.7. The van der Waals surface area contributed by atoms with Gasteiger partial charge in [0.2, 0.25) is 5.91 Å². The van der Waals surface area contributed by atoms with Crippen LogP contribution in [-0.4, -0.2) is 32.3 Å². The molecule has 2 fully saturated rings. The minimum atomic E-state index is -0.316. The summed E-state index contributed by atoms with van der Waals surface area (Å²) in [6.45, 7) is 0.746. The van der Waals surface area contributed by atoms with Gasteiger partial charge in [0.15, 0.2) is 5.82 Å². The second kappa shape index (κ2) is 9.02. The Morgan fingerprint density at radius 2 is 1.84 bits per heavy atom. The molecule has 2 aromatic heterocycles. The summed E-state index contributed by atoms with van der Waals surface area (Å²) in [6, 6.07) is 11.8. The molecule has 7 heteroatoms. The molecular weight excluding hydrogens is 405 g/mol. The average Bonchev–Trinajstić information content (AvgIpc) is 2.78. The van der Waals surface area contributed by atoms with E-state index in [4.69, 9.17) is 9.97 Å². The normalized spacial score (nSPS) is 18.8. The van der Waals surface area contributed by atoms with Crippen molar-refractivity contribution in [1.82, 2.24) is 19.9 Å². The van der Waals surface area contributed by atoms with Gasteiger partial charge in [0.1, 0.15) is 11.6 Å². The number of piperidine rings is 1. The van der Waals surface area contributed by atoms with Crippen molar-refractivity contribution in [1.29, 1.82) is 0 Å². The van der Waals surface area contributed by atoms with Crippen molar-refractivity contribution in [2.75, 3.05) is 11.9 Å². The molecular formula is C25H26FN5O. The lowest BCUT2D eigenvalue weighted by molar-refractivity contribution is -0.142. The molecule has 32 heavy (non-hydrogen) atoms. The number of benzene rings is 1. The van der Waals surface area contributed by atoms with Gasteiger partial charge in [-0.2, -0.15) is 0 Å². The van der Waals surface area contributed by atoms with Crippen LogP contribution in [0.15, 0.2) is 54.9 Å². The van der Waals surface area contributed by atoms with E-state index in [1.165, 1.54) is 12.1 Å². The Hall–Kier alpha value is -3.35. The third kappa shape index (κ3) is 4.33. The van der Waals surface area contributed by atoms with Crippen LogP contribution in [0.5, 0.6) is 0 Å². The van der Waals surface area contributed by atoms with Crippen LogP contribution < -0.4 is 5.32 Å². The van der Waals surface area contributed by atoms with Crippen molar-refractivity contribution in [2.24, 2.45) is 5.92 Å². The van der Waals surface area contributed by atoms with Crippen molar-refractivity contribution in [2.45, 2.75) is 44.6 Å². The molecule has 1 amide bonds. The van der Waals surface area contributed by atoms with E-state index in [-0.39, 0.29) is 23.7 Å². The van der Waals surface area contributed by atoms with Crippen molar-refractivity contribution >= 4 is 17.4 Å². The Balaban J connectivity index is 1.53. The van der Waals surface area contributed by atoms with Gasteiger partial charge in [-0.15, -0.1) is 0 Å².